The van der Waals surface area contributed by atoms with Gasteiger partial charge < -0.3 is 5.32 Å². The fourth-order valence-corrected chi connectivity index (χ4v) is 1.29. The molecule has 1 rings (SSSR count). The Kier molecular flexibility index (Phi) is 4.24. The van der Waals surface area contributed by atoms with Crippen molar-refractivity contribution in [1.29, 1.82) is 0 Å². The Balaban J connectivity index is 2.81. The fraction of sp³-hybridized carbons (Fsp3) is 0.538. The summed E-state index contributed by atoms with van der Waals surface area (Å²) >= 11 is 0. The number of hydrogen-bond acceptors (Lipinski definition) is 1. The zero-order chi connectivity index (χ0) is 14.0. The molecule has 0 radical (unpaired) electrons. The fourth-order valence-electron chi connectivity index (χ4n) is 1.29. The molecule has 1 aromatic carbocycles. The van der Waals surface area contributed by atoms with E-state index in [1.54, 1.807) is 0 Å². The van der Waals surface area contributed by atoms with Gasteiger partial charge >= 0.3 is 6.18 Å². The molecule has 1 N–H and O–H groups in total. The average Bonchev–Trinajstić information content (AvgIpc) is 2.26. The molecule has 0 amide bonds. The number of nitrogens with one attached hydrogen (secondary N) is 1. The lowest BCUT2D eigenvalue weighted by Gasteiger charge is -2.23. The van der Waals surface area contributed by atoms with Crippen LogP contribution in [0.25, 0.3) is 0 Å². The van der Waals surface area contributed by atoms with Crippen molar-refractivity contribution < 1.29 is 17.6 Å². The van der Waals surface area contributed by atoms with E-state index < -0.39 is 17.6 Å². The molecule has 0 aliphatic heterocycles. The van der Waals surface area contributed by atoms with Gasteiger partial charge in [0.2, 0.25) is 0 Å². The summed E-state index contributed by atoms with van der Waals surface area (Å²) in [7, 11) is 0. The van der Waals surface area contributed by atoms with Crippen molar-refractivity contribution in [3.63, 3.8) is 0 Å². The third-order valence-corrected chi connectivity index (χ3v) is 3.01. The van der Waals surface area contributed by atoms with Gasteiger partial charge in [0.05, 0.1) is 11.3 Å². The van der Waals surface area contributed by atoms with Gasteiger partial charge in [-0.05, 0) is 30.0 Å². The van der Waals surface area contributed by atoms with Crippen molar-refractivity contribution in [2.45, 2.75) is 33.4 Å². The predicted octanol–water partition coefficient (Wildman–Crippen LogP) is 4.69. The van der Waals surface area contributed by atoms with E-state index in [0.29, 0.717) is 12.6 Å². The molecule has 0 heterocycles. The van der Waals surface area contributed by atoms with Gasteiger partial charge in [0.25, 0.3) is 0 Å². The molecular formula is C13H17F4N. The molecule has 0 unspecified atom stereocenters. The standard InChI is InChI=1S/C13H17F4N/c1-4-12(2,3)8-18-11-6-5-9(7-10(11)14)13(15,16)17/h5-7,18H,4,8H2,1-3H3. The zero-order valence-electron chi connectivity index (χ0n) is 10.7. The van der Waals surface area contributed by atoms with Gasteiger partial charge in [-0.2, -0.15) is 13.2 Å². The summed E-state index contributed by atoms with van der Waals surface area (Å²) in [6.07, 6.45) is -3.62. The quantitative estimate of drug-likeness (QED) is 0.777. The summed E-state index contributed by atoms with van der Waals surface area (Å²) in [6.45, 7) is 6.51. The smallest absolute Gasteiger partial charge is 0.382 e. The molecule has 0 fully saturated rings. The third kappa shape index (κ3) is 3.89. The van der Waals surface area contributed by atoms with Crippen LogP contribution in [-0.4, -0.2) is 6.54 Å². The maximum absolute atomic E-state index is 13.5. The van der Waals surface area contributed by atoms with Crippen molar-refractivity contribution in [2.75, 3.05) is 11.9 Å². The van der Waals surface area contributed by atoms with Crippen LogP contribution in [0, 0.1) is 11.2 Å². The van der Waals surface area contributed by atoms with Crippen LogP contribution >= 0.6 is 0 Å². The molecule has 18 heavy (non-hydrogen) atoms. The summed E-state index contributed by atoms with van der Waals surface area (Å²) in [5.74, 6) is -0.878. The second-order valence-corrected chi connectivity index (χ2v) is 5.06. The normalized spacial score (nSPS) is 12.6. The Morgan fingerprint density at radius 2 is 1.78 bits per heavy atom. The van der Waals surface area contributed by atoms with Gasteiger partial charge in [0.1, 0.15) is 5.82 Å². The SMILES string of the molecule is CCC(C)(C)CNc1ccc(C(F)(F)F)cc1F. The van der Waals surface area contributed by atoms with E-state index in [1.165, 1.54) is 0 Å². The first-order valence-corrected chi connectivity index (χ1v) is 5.76. The lowest BCUT2D eigenvalue weighted by Crippen LogP contribution is -2.22. The molecule has 0 saturated carbocycles. The number of hydrogen-bond donors (Lipinski definition) is 1. The van der Waals surface area contributed by atoms with Crippen molar-refractivity contribution >= 4 is 5.69 Å². The maximum atomic E-state index is 13.5. The highest BCUT2D eigenvalue weighted by atomic mass is 19.4. The highest BCUT2D eigenvalue weighted by molar-refractivity contribution is 5.47. The number of benzene rings is 1. The highest BCUT2D eigenvalue weighted by Crippen LogP contribution is 2.31. The largest absolute Gasteiger partial charge is 0.416 e. The topological polar surface area (TPSA) is 12.0 Å². The lowest BCUT2D eigenvalue weighted by atomic mass is 9.90. The molecule has 0 atom stereocenters. The van der Waals surface area contributed by atoms with E-state index >= 15 is 0 Å². The van der Waals surface area contributed by atoms with Crippen LogP contribution in [0.1, 0.15) is 32.8 Å². The van der Waals surface area contributed by atoms with Crippen LogP contribution in [0.3, 0.4) is 0 Å². The third-order valence-electron chi connectivity index (χ3n) is 3.01. The monoisotopic (exact) mass is 263 g/mol. The Bertz CT molecular complexity index is 410. The molecule has 0 aromatic heterocycles. The van der Waals surface area contributed by atoms with Gasteiger partial charge in [-0.1, -0.05) is 20.8 Å². The van der Waals surface area contributed by atoms with Crippen LogP contribution < -0.4 is 5.32 Å². The number of rotatable bonds is 4. The molecule has 0 spiro atoms. The zero-order valence-corrected chi connectivity index (χ0v) is 10.7. The predicted molar refractivity (Wildman–Crippen MR) is 64.0 cm³/mol. The molecule has 1 aromatic rings. The summed E-state index contributed by atoms with van der Waals surface area (Å²) in [6, 6.07) is 2.52. The Labute approximate surface area is 104 Å². The maximum Gasteiger partial charge on any atom is 0.416 e. The van der Waals surface area contributed by atoms with E-state index in [0.717, 1.165) is 18.6 Å². The summed E-state index contributed by atoms with van der Waals surface area (Å²) < 4.78 is 50.5. The van der Waals surface area contributed by atoms with Crippen LogP contribution in [0.4, 0.5) is 23.2 Å². The minimum absolute atomic E-state index is 0.0326. The highest BCUT2D eigenvalue weighted by Gasteiger charge is 2.31. The van der Waals surface area contributed by atoms with Crippen molar-refractivity contribution in [3.05, 3.63) is 29.6 Å². The average molecular weight is 263 g/mol. The number of anilines is 1. The molecular weight excluding hydrogens is 246 g/mol. The summed E-state index contributed by atoms with van der Waals surface area (Å²) in [4.78, 5) is 0. The Hall–Kier alpha value is -1.26. The summed E-state index contributed by atoms with van der Waals surface area (Å²) in [5.41, 5.74) is -0.903. The van der Waals surface area contributed by atoms with Crippen LogP contribution in [0.5, 0.6) is 0 Å². The van der Waals surface area contributed by atoms with E-state index in [1.807, 2.05) is 20.8 Å². The van der Waals surface area contributed by atoms with Gasteiger partial charge in [-0.15, -0.1) is 0 Å². The van der Waals surface area contributed by atoms with Crippen molar-refractivity contribution in [3.8, 4) is 0 Å². The van der Waals surface area contributed by atoms with E-state index in [4.69, 9.17) is 0 Å². The number of halogens is 4. The van der Waals surface area contributed by atoms with Gasteiger partial charge in [0, 0.05) is 6.54 Å². The second-order valence-electron chi connectivity index (χ2n) is 5.06. The minimum Gasteiger partial charge on any atom is -0.382 e. The Morgan fingerprint density at radius 3 is 2.22 bits per heavy atom. The van der Waals surface area contributed by atoms with E-state index in [9.17, 15) is 17.6 Å². The first kappa shape index (κ1) is 14.8. The number of alkyl halides is 3. The van der Waals surface area contributed by atoms with E-state index in [-0.39, 0.29) is 11.1 Å². The molecule has 102 valence electrons. The van der Waals surface area contributed by atoms with Gasteiger partial charge in [-0.3, -0.25) is 0 Å². The first-order chi connectivity index (χ1) is 8.15. The van der Waals surface area contributed by atoms with Gasteiger partial charge in [0.15, 0.2) is 0 Å². The molecule has 0 bridgehead atoms. The molecule has 0 aliphatic rings. The van der Waals surface area contributed by atoms with Gasteiger partial charge in [-0.25, -0.2) is 4.39 Å². The molecule has 5 heteroatoms. The molecule has 1 nitrogen and oxygen atoms in total. The Morgan fingerprint density at radius 1 is 1.17 bits per heavy atom. The lowest BCUT2D eigenvalue weighted by molar-refractivity contribution is -0.137. The second kappa shape index (κ2) is 5.16. The summed E-state index contributed by atoms with van der Waals surface area (Å²) in [5, 5.41) is 2.84. The first-order valence-electron chi connectivity index (χ1n) is 5.76. The molecule has 0 aliphatic carbocycles. The molecule has 0 saturated heterocycles. The van der Waals surface area contributed by atoms with Crippen LogP contribution in [0.2, 0.25) is 0 Å². The van der Waals surface area contributed by atoms with E-state index in [2.05, 4.69) is 5.32 Å². The van der Waals surface area contributed by atoms with Crippen molar-refractivity contribution in [2.24, 2.45) is 5.41 Å². The minimum atomic E-state index is -4.51. The van der Waals surface area contributed by atoms with Crippen molar-refractivity contribution in [1.82, 2.24) is 0 Å². The van der Waals surface area contributed by atoms with Crippen LogP contribution in [0.15, 0.2) is 18.2 Å². The van der Waals surface area contributed by atoms with Crippen LogP contribution in [-0.2, 0) is 6.18 Å².